The number of ether oxygens (including phenoxy) is 1. The second-order valence-corrected chi connectivity index (χ2v) is 13.2. The summed E-state index contributed by atoms with van der Waals surface area (Å²) in [6.07, 6.45) is 0. The lowest BCUT2D eigenvalue weighted by Gasteiger charge is -2.19. The van der Waals surface area contributed by atoms with Gasteiger partial charge >= 0.3 is 0 Å². The summed E-state index contributed by atoms with van der Waals surface area (Å²) in [6.45, 7) is 4.84. The van der Waals surface area contributed by atoms with E-state index in [-0.39, 0.29) is 5.60 Å². The lowest BCUT2D eigenvalue weighted by molar-refractivity contribution is 0.131. The van der Waals surface area contributed by atoms with Gasteiger partial charge in [-0.2, -0.15) is 0 Å². The molecule has 8 aromatic rings. The summed E-state index contributed by atoms with van der Waals surface area (Å²) >= 11 is 0. The molecule has 0 saturated heterocycles. The number of hydrogen-bond donors (Lipinski definition) is 0. The number of aliphatic imine (C=N–C) groups is 1. The first-order valence-corrected chi connectivity index (χ1v) is 16.3. The first-order chi connectivity index (χ1) is 23.0. The molecule has 1 aliphatic rings. The van der Waals surface area contributed by atoms with Crippen LogP contribution in [0, 0.1) is 0 Å². The van der Waals surface area contributed by atoms with Crippen molar-refractivity contribution in [3.63, 3.8) is 0 Å². The highest BCUT2D eigenvalue weighted by Crippen LogP contribution is 2.45. The van der Waals surface area contributed by atoms with E-state index in [4.69, 9.17) is 4.74 Å². The molecule has 0 amide bonds. The predicted octanol–water partition coefficient (Wildman–Crippen LogP) is 11.9. The molecule has 0 saturated carbocycles. The molecule has 224 valence electrons. The first-order valence-electron chi connectivity index (χ1n) is 16.3. The van der Waals surface area contributed by atoms with E-state index in [1.54, 1.807) is 0 Å². The van der Waals surface area contributed by atoms with Crippen molar-refractivity contribution in [3.05, 3.63) is 157 Å². The van der Waals surface area contributed by atoms with Gasteiger partial charge in [0.2, 0.25) is 5.90 Å². The molecule has 1 heterocycles. The van der Waals surface area contributed by atoms with E-state index >= 15 is 0 Å². The molecule has 0 spiro atoms. The standard InChI is InChI=1S/C45H33NO/c1-45(2)28-46-44(47-45)32-19-15-31(16-20-32)35-23-24-40-41(27-35)43(37-22-18-30-10-4-6-12-34(30)26-37)39-14-8-7-13-38(39)42(40)36-21-17-29-9-3-5-11-33(29)25-36/h3-27H,28H2,1-2H3. The van der Waals surface area contributed by atoms with E-state index in [1.807, 2.05) is 0 Å². The van der Waals surface area contributed by atoms with Crippen LogP contribution in [0.5, 0.6) is 0 Å². The van der Waals surface area contributed by atoms with Crippen molar-refractivity contribution in [2.45, 2.75) is 19.4 Å². The number of hydrogen-bond acceptors (Lipinski definition) is 2. The maximum Gasteiger partial charge on any atom is 0.216 e. The lowest BCUT2D eigenvalue weighted by Crippen LogP contribution is -2.24. The number of rotatable bonds is 4. The Labute approximate surface area is 274 Å². The molecule has 9 rings (SSSR count). The van der Waals surface area contributed by atoms with Crippen LogP contribution >= 0.6 is 0 Å². The van der Waals surface area contributed by atoms with Crippen molar-refractivity contribution in [3.8, 4) is 33.4 Å². The molecule has 0 aliphatic carbocycles. The highest BCUT2D eigenvalue weighted by Gasteiger charge is 2.28. The highest BCUT2D eigenvalue weighted by molar-refractivity contribution is 6.22. The fraction of sp³-hybridized carbons (Fsp3) is 0.0889. The summed E-state index contributed by atoms with van der Waals surface area (Å²) in [5, 5.41) is 10.00. The molecule has 0 N–H and O–H groups in total. The van der Waals surface area contributed by atoms with Crippen LogP contribution in [0.15, 0.2) is 157 Å². The second kappa shape index (κ2) is 10.7. The van der Waals surface area contributed by atoms with Crippen molar-refractivity contribution in [2.24, 2.45) is 4.99 Å². The van der Waals surface area contributed by atoms with Crippen molar-refractivity contribution >= 4 is 49.0 Å². The minimum absolute atomic E-state index is 0.253. The van der Waals surface area contributed by atoms with E-state index < -0.39 is 0 Å². The molecule has 47 heavy (non-hydrogen) atoms. The monoisotopic (exact) mass is 603 g/mol. The van der Waals surface area contributed by atoms with Gasteiger partial charge in [-0.25, -0.2) is 4.99 Å². The Morgan fingerprint density at radius 1 is 0.426 bits per heavy atom. The van der Waals surface area contributed by atoms with Gasteiger partial charge in [0.1, 0.15) is 5.60 Å². The van der Waals surface area contributed by atoms with Crippen LogP contribution in [0.2, 0.25) is 0 Å². The van der Waals surface area contributed by atoms with Crippen LogP contribution in [0.3, 0.4) is 0 Å². The van der Waals surface area contributed by atoms with Crippen LogP contribution in [0.1, 0.15) is 19.4 Å². The third kappa shape index (κ3) is 4.76. The first kappa shape index (κ1) is 27.6. The van der Waals surface area contributed by atoms with Gasteiger partial charge in [-0.05, 0) is 121 Å². The van der Waals surface area contributed by atoms with Gasteiger partial charge in [0, 0.05) is 5.56 Å². The Kier molecular flexibility index (Phi) is 6.26. The summed E-state index contributed by atoms with van der Waals surface area (Å²) < 4.78 is 6.11. The quantitative estimate of drug-likeness (QED) is 0.183. The topological polar surface area (TPSA) is 21.6 Å². The second-order valence-electron chi connectivity index (χ2n) is 13.2. The van der Waals surface area contributed by atoms with Crippen molar-refractivity contribution in [2.75, 3.05) is 6.54 Å². The molecule has 0 fully saturated rings. The molecule has 0 atom stereocenters. The molecule has 2 nitrogen and oxygen atoms in total. The van der Waals surface area contributed by atoms with Gasteiger partial charge < -0.3 is 4.74 Å². The average Bonchev–Trinajstić information content (AvgIpc) is 3.49. The van der Waals surface area contributed by atoms with Crippen LogP contribution in [0.4, 0.5) is 0 Å². The van der Waals surface area contributed by atoms with Crippen molar-refractivity contribution < 1.29 is 4.74 Å². The Morgan fingerprint density at radius 3 is 1.47 bits per heavy atom. The summed E-state index contributed by atoms with van der Waals surface area (Å²) in [5.74, 6) is 0.727. The molecule has 0 unspecified atom stereocenters. The molecule has 0 aromatic heterocycles. The van der Waals surface area contributed by atoms with Crippen LogP contribution in [-0.2, 0) is 4.74 Å². The smallest absolute Gasteiger partial charge is 0.216 e. The van der Waals surface area contributed by atoms with E-state index in [2.05, 4.69) is 170 Å². The minimum atomic E-state index is -0.253. The van der Waals surface area contributed by atoms with Gasteiger partial charge in [-0.3, -0.25) is 0 Å². The average molecular weight is 604 g/mol. The molecule has 0 bridgehead atoms. The Bertz CT molecular complexity index is 2540. The molecular formula is C45H33NO. The van der Waals surface area contributed by atoms with E-state index in [9.17, 15) is 0 Å². The number of benzene rings is 8. The molecule has 2 heteroatoms. The number of fused-ring (bicyclic) bond motifs is 4. The SMILES string of the molecule is CC1(C)CN=C(c2ccc(-c3ccc4c(-c5ccc6ccccc6c5)c5ccccc5c(-c5ccc6ccccc6c5)c4c3)cc2)O1. The minimum Gasteiger partial charge on any atom is -0.469 e. The van der Waals surface area contributed by atoms with Crippen molar-refractivity contribution in [1.29, 1.82) is 0 Å². The van der Waals surface area contributed by atoms with Gasteiger partial charge in [0.15, 0.2) is 0 Å². The summed E-state index contributed by atoms with van der Waals surface area (Å²) in [5.41, 5.74) is 8.10. The fourth-order valence-electron chi connectivity index (χ4n) is 7.21. The van der Waals surface area contributed by atoms with Crippen molar-refractivity contribution in [1.82, 2.24) is 0 Å². The zero-order valence-corrected chi connectivity index (χ0v) is 26.5. The van der Waals surface area contributed by atoms with E-state index in [0.29, 0.717) is 6.54 Å². The fourth-order valence-corrected chi connectivity index (χ4v) is 7.21. The third-order valence-electron chi connectivity index (χ3n) is 9.54. The Balaban J connectivity index is 1.30. The van der Waals surface area contributed by atoms with Gasteiger partial charge in [-0.1, -0.05) is 121 Å². The van der Waals surface area contributed by atoms with E-state index in [0.717, 1.165) is 11.5 Å². The van der Waals surface area contributed by atoms with Crippen LogP contribution in [-0.4, -0.2) is 18.0 Å². The van der Waals surface area contributed by atoms with Gasteiger partial charge in [0.25, 0.3) is 0 Å². The Hall–Kier alpha value is -5.73. The van der Waals surface area contributed by atoms with Gasteiger partial charge in [0.05, 0.1) is 6.54 Å². The largest absolute Gasteiger partial charge is 0.469 e. The maximum atomic E-state index is 6.11. The van der Waals surface area contributed by atoms with Crippen LogP contribution < -0.4 is 0 Å². The third-order valence-corrected chi connectivity index (χ3v) is 9.54. The number of nitrogens with zero attached hydrogens (tertiary/aromatic N) is 1. The van der Waals surface area contributed by atoms with Gasteiger partial charge in [-0.15, -0.1) is 0 Å². The van der Waals surface area contributed by atoms with Crippen LogP contribution in [0.25, 0.3) is 76.5 Å². The highest BCUT2D eigenvalue weighted by atomic mass is 16.5. The summed E-state index contributed by atoms with van der Waals surface area (Å²) in [4.78, 5) is 4.65. The zero-order chi connectivity index (χ0) is 31.5. The molecule has 8 aromatic carbocycles. The van der Waals surface area contributed by atoms with E-state index in [1.165, 1.54) is 76.5 Å². The summed E-state index contributed by atoms with van der Waals surface area (Å²) in [6, 6.07) is 55.5. The normalized spacial score (nSPS) is 14.1. The lowest BCUT2D eigenvalue weighted by atomic mass is 9.84. The Morgan fingerprint density at radius 2 is 0.894 bits per heavy atom. The molecule has 0 radical (unpaired) electrons. The zero-order valence-electron chi connectivity index (χ0n) is 26.5. The molecular weight excluding hydrogens is 571 g/mol. The summed E-state index contributed by atoms with van der Waals surface area (Å²) in [7, 11) is 0. The molecule has 1 aliphatic heterocycles. The maximum absolute atomic E-state index is 6.11. The predicted molar refractivity (Wildman–Crippen MR) is 199 cm³/mol.